The smallest absolute Gasteiger partial charge is 0.309 e. The maximum Gasteiger partial charge on any atom is 0.309 e. The largest absolute Gasteiger partial charge is 0.466 e. The van der Waals surface area contributed by atoms with Gasteiger partial charge in [-0.1, -0.05) is 6.07 Å². The first kappa shape index (κ1) is 22.4. The van der Waals surface area contributed by atoms with Gasteiger partial charge in [-0.3, -0.25) is 24.4 Å². The number of piperidine rings is 1. The van der Waals surface area contributed by atoms with Crippen molar-refractivity contribution in [2.45, 2.75) is 30.8 Å². The van der Waals surface area contributed by atoms with Crippen molar-refractivity contribution in [3.05, 3.63) is 52.6 Å². The number of anilines is 1. The number of hydrogen-bond acceptors (Lipinski definition) is 9. The second-order valence-corrected chi connectivity index (χ2v) is 8.24. The van der Waals surface area contributed by atoms with Crippen molar-refractivity contribution < 1.29 is 32.2 Å². The number of esters is 1. The minimum atomic E-state index is -4.32. The molecule has 31 heavy (non-hydrogen) atoms. The SMILES string of the molecule is CCOC(=O)C1CCN(c2cccc(Oc3ccc(S(=O)(=O)O)cc3)n2)C([N+](=O)[O-])C1. The molecule has 1 fully saturated rings. The van der Waals surface area contributed by atoms with Crippen molar-refractivity contribution in [1.29, 1.82) is 0 Å². The van der Waals surface area contributed by atoms with E-state index in [1.807, 2.05) is 0 Å². The van der Waals surface area contributed by atoms with Gasteiger partial charge in [0.15, 0.2) is 0 Å². The summed E-state index contributed by atoms with van der Waals surface area (Å²) in [5.74, 6) is -0.258. The minimum Gasteiger partial charge on any atom is -0.466 e. The predicted octanol–water partition coefficient (Wildman–Crippen LogP) is 2.50. The zero-order valence-electron chi connectivity index (χ0n) is 16.6. The quantitative estimate of drug-likeness (QED) is 0.288. The lowest BCUT2D eigenvalue weighted by Gasteiger charge is -2.33. The summed E-state index contributed by atoms with van der Waals surface area (Å²) >= 11 is 0. The number of pyridine rings is 1. The Bertz CT molecular complexity index is 1060. The molecular formula is C19H21N3O8S. The average Bonchev–Trinajstić information content (AvgIpc) is 2.73. The number of rotatable bonds is 7. The summed E-state index contributed by atoms with van der Waals surface area (Å²) in [6, 6.07) is 9.83. The van der Waals surface area contributed by atoms with E-state index in [-0.39, 0.29) is 36.1 Å². The lowest BCUT2D eigenvalue weighted by molar-refractivity contribution is -0.525. The Morgan fingerprint density at radius 3 is 2.61 bits per heavy atom. The highest BCUT2D eigenvalue weighted by atomic mass is 32.2. The van der Waals surface area contributed by atoms with E-state index in [0.717, 1.165) is 0 Å². The predicted molar refractivity (Wildman–Crippen MR) is 108 cm³/mol. The van der Waals surface area contributed by atoms with Crippen molar-refractivity contribution in [2.24, 2.45) is 5.92 Å². The third-order valence-electron chi connectivity index (χ3n) is 4.78. The first-order chi connectivity index (χ1) is 14.7. The van der Waals surface area contributed by atoms with Crippen molar-refractivity contribution in [3.8, 4) is 11.6 Å². The lowest BCUT2D eigenvalue weighted by Crippen LogP contribution is -2.49. The van der Waals surface area contributed by atoms with E-state index in [2.05, 4.69) is 4.98 Å². The number of benzene rings is 1. The molecule has 0 saturated carbocycles. The molecular weight excluding hydrogens is 430 g/mol. The summed E-state index contributed by atoms with van der Waals surface area (Å²) in [6.45, 7) is 2.15. The van der Waals surface area contributed by atoms with Crippen LogP contribution in [0.1, 0.15) is 19.8 Å². The van der Waals surface area contributed by atoms with Gasteiger partial charge in [0.2, 0.25) is 5.88 Å². The second kappa shape index (κ2) is 9.27. The van der Waals surface area contributed by atoms with Crippen LogP contribution in [0.5, 0.6) is 11.6 Å². The van der Waals surface area contributed by atoms with Gasteiger partial charge in [-0.2, -0.15) is 13.4 Å². The summed E-state index contributed by atoms with van der Waals surface area (Å²) in [6.07, 6.45) is -0.733. The Balaban J connectivity index is 1.77. The van der Waals surface area contributed by atoms with Crippen LogP contribution < -0.4 is 9.64 Å². The number of ether oxygens (including phenoxy) is 2. The van der Waals surface area contributed by atoms with Crippen molar-refractivity contribution in [1.82, 2.24) is 4.98 Å². The monoisotopic (exact) mass is 451 g/mol. The van der Waals surface area contributed by atoms with E-state index in [1.165, 1.54) is 29.2 Å². The second-order valence-electron chi connectivity index (χ2n) is 6.82. The normalized spacial score (nSPS) is 19.0. The van der Waals surface area contributed by atoms with E-state index < -0.39 is 33.1 Å². The summed E-state index contributed by atoms with van der Waals surface area (Å²) in [7, 11) is -4.32. The van der Waals surface area contributed by atoms with Crippen molar-refractivity contribution in [3.63, 3.8) is 0 Å². The molecule has 0 amide bonds. The van der Waals surface area contributed by atoms with E-state index >= 15 is 0 Å². The van der Waals surface area contributed by atoms with Crippen molar-refractivity contribution in [2.75, 3.05) is 18.1 Å². The van der Waals surface area contributed by atoms with Crippen LogP contribution in [0.3, 0.4) is 0 Å². The van der Waals surface area contributed by atoms with Gasteiger partial charge >= 0.3 is 5.97 Å². The number of carbonyl (C=O) groups is 1. The van der Waals surface area contributed by atoms with E-state index in [9.17, 15) is 23.3 Å². The number of aromatic nitrogens is 1. The van der Waals surface area contributed by atoms with Crippen LogP contribution in [0.25, 0.3) is 0 Å². The van der Waals surface area contributed by atoms with Crippen LogP contribution in [0, 0.1) is 16.0 Å². The van der Waals surface area contributed by atoms with Crippen LogP contribution in [-0.4, -0.2) is 48.2 Å². The molecule has 12 heteroatoms. The molecule has 2 heterocycles. The highest BCUT2D eigenvalue weighted by Gasteiger charge is 2.40. The molecule has 2 unspecified atom stereocenters. The number of hydrogen-bond donors (Lipinski definition) is 1. The lowest BCUT2D eigenvalue weighted by atomic mass is 9.94. The van der Waals surface area contributed by atoms with Gasteiger partial charge in [0.25, 0.3) is 16.3 Å². The van der Waals surface area contributed by atoms with Crippen LogP contribution in [0.15, 0.2) is 47.4 Å². The Labute approximate surface area is 178 Å². The van der Waals surface area contributed by atoms with E-state index in [0.29, 0.717) is 12.2 Å². The molecule has 1 saturated heterocycles. The first-order valence-corrected chi connectivity index (χ1v) is 10.9. The Kier molecular flexibility index (Phi) is 6.71. The number of nitrogens with zero attached hydrogens (tertiary/aromatic N) is 3. The van der Waals surface area contributed by atoms with Gasteiger partial charge in [-0.05, 0) is 43.7 Å². The summed E-state index contributed by atoms with van der Waals surface area (Å²) < 4.78 is 41.9. The van der Waals surface area contributed by atoms with Gasteiger partial charge in [0.05, 0.1) is 17.4 Å². The van der Waals surface area contributed by atoms with Crippen LogP contribution in [-0.2, 0) is 19.6 Å². The maximum atomic E-state index is 12.0. The van der Waals surface area contributed by atoms with E-state index in [1.54, 1.807) is 25.1 Å². The third kappa shape index (κ3) is 5.47. The zero-order valence-corrected chi connectivity index (χ0v) is 17.4. The molecule has 1 aliphatic heterocycles. The Morgan fingerprint density at radius 2 is 2.00 bits per heavy atom. The molecule has 1 aromatic heterocycles. The topological polar surface area (TPSA) is 149 Å². The highest BCUT2D eigenvalue weighted by Crippen LogP contribution is 2.30. The van der Waals surface area contributed by atoms with Crippen molar-refractivity contribution >= 4 is 21.9 Å². The number of carbonyl (C=O) groups excluding carboxylic acids is 1. The number of nitro groups is 1. The molecule has 2 aromatic rings. The molecule has 0 aliphatic carbocycles. The van der Waals surface area contributed by atoms with Gasteiger partial charge in [-0.25, -0.2) is 0 Å². The molecule has 166 valence electrons. The molecule has 0 spiro atoms. The molecule has 1 aromatic carbocycles. The molecule has 0 radical (unpaired) electrons. The average molecular weight is 451 g/mol. The molecule has 3 rings (SSSR count). The molecule has 11 nitrogen and oxygen atoms in total. The van der Waals surface area contributed by atoms with Gasteiger partial charge < -0.3 is 9.47 Å². The summed E-state index contributed by atoms with van der Waals surface area (Å²) in [4.78, 5) is 28.7. The fourth-order valence-electron chi connectivity index (χ4n) is 3.31. The molecule has 2 atom stereocenters. The minimum absolute atomic E-state index is 0.00962. The van der Waals surface area contributed by atoms with Gasteiger partial charge in [0, 0.05) is 24.0 Å². The fraction of sp³-hybridized carbons (Fsp3) is 0.368. The van der Waals surface area contributed by atoms with Gasteiger partial charge in [-0.15, -0.1) is 0 Å². The van der Waals surface area contributed by atoms with E-state index in [4.69, 9.17) is 14.0 Å². The molecule has 0 bridgehead atoms. The Hall–Kier alpha value is -3.25. The summed E-state index contributed by atoms with van der Waals surface area (Å²) in [5.41, 5.74) is 0. The Morgan fingerprint density at radius 1 is 1.29 bits per heavy atom. The molecule has 1 aliphatic rings. The standard InChI is InChI=1S/C19H21N3O8S/c1-2-29-19(23)13-10-11-21(18(12-13)22(24)25)16-4-3-5-17(20-16)30-14-6-8-15(9-7-14)31(26,27)28/h3-9,13,18H,2,10-12H2,1H3,(H,26,27,28). The molecule has 1 N–H and O–H groups in total. The van der Waals surface area contributed by atoms with Gasteiger partial charge in [0.1, 0.15) is 11.6 Å². The highest BCUT2D eigenvalue weighted by molar-refractivity contribution is 7.85. The zero-order chi connectivity index (χ0) is 22.6. The van der Waals surface area contributed by atoms with Crippen LogP contribution in [0.4, 0.5) is 5.82 Å². The first-order valence-electron chi connectivity index (χ1n) is 9.48. The summed E-state index contributed by atoms with van der Waals surface area (Å²) in [5, 5.41) is 11.6. The van der Waals surface area contributed by atoms with Crippen LogP contribution in [0.2, 0.25) is 0 Å². The fourth-order valence-corrected chi connectivity index (χ4v) is 3.79. The maximum absolute atomic E-state index is 12.0. The third-order valence-corrected chi connectivity index (χ3v) is 5.65. The van der Waals surface area contributed by atoms with Crippen LogP contribution >= 0.6 is 0 Å².